The highest BCUT2D eigenvalue weighted by molar-refractivity contribution is 5.30. The van der Waals surface area contributed by atoms with Crippen LogP contribution in [0, 0.1) is 0 Å². The highest BCUT2D eigenvalue weighted by atomic mass is 16.3. The molecule has 0 radical (unpaired) electrons. The first kappa shape index (κ1) is 8.72. The van der Waals surface area contributed by atoms with Gasteiger partial charge in [0.05, 0.1) is 11.4 Å². The summed E-state index contributed by atoms with van der Waals surface area (Å²) in [6, 6.07) is 0. The molecule has 0 bridgehead atoms. The smallest absolute Gasteiger partial charge is 0.103 e. The number of rotatable bonds is 1. The van der Waals surface area contributed by atoms with Crippen molar-refractivity contribution in [1.82, 2.24) is 15.5 Å². The van der Waals surface area contributed by atoms with E-state index in [-0.39, 0.29) is 0 Å². The van der Waals surface area contributed by atoms with Crippen LogP contribution in [0.15, 0.2) is 0 Å². The molecule has 1 aliphatic rings. The molecule has 0 atom stereocenters. The Morgan fingerprint density at radius 1 is 1.46 bits per heavy atom. The zero-order chi connectivity index (χ0) is 9.47. The van der Waals surface area contributed by atoms with Gasteiger partial charge in [-0.25, -0.2) is 0 Å². The van der Waals surface area contributed by atoms with E-state index in [0.29, 0.717) is 0 Å². The Morgan fingerprint density at radius 2 is 2.23 bits per heavy atom. The highest BCUT2D eigenvalue weighted by Gasteiger charge is 2.26. The average Bonchev–Trinajstić information content (AvgIpc) is 2.45. The number of hydrogen-bond acceptors (Lipinski definition) is 3. The molecule has 0 saturated carbocycles. The summed E-state index contributed by atoms with van der Waals surface area (Å²) < 4.78 is 0. The van der Waals surface area contributed by atoms with Crippen LogP contribution in [0.25, 0.3) is 0 Å². The van der Waals surface area contributed by atoms with E-state index in [4.69, 9.17) is 0 Å². The fourth-order valence-electron chi connectivity index (χ4n) is 1.75. The predicted molar refractivity (Wildman–Crippen MR) is 49.2 cm³/mol. The van der Waals surface area contributed by atoms with Crippen molar-refractivity contribution in [3.8, 4) is 0 Å². The molecule has 0 aliphatic carbocycles. The van der Waals surface area contributed by atoms with Crippen molar-refractivity contribution in [1.29, 1.82) is 0 Å². The van der Waals surface area contributed by atoms with Gasteiger partial charge in [0, 0.05) is 12.1 Å². The number of nitrogens with zero attached hydrogens (tertiary/aromatic N) is 1. The lowest BCUT2D eigenvalue weighted by Gasteiger charge is -2.19. The summed E-state index contributed by atoms with van der Waals surface area (Å²) in [5, 5.41) is 20.2. The quantitative estimate of drug-likeness (QED) is 0.583. The van der Waals surface area contributed by atoms with Gasteiger partial charge < -0.3 is 10.4 Å². The minimum Gasteiger partial charge on any atom is -0.384 e. The molecule has 4 nitrogen and oxygen atoms in total. The second kappa shape index (κ2) is 2.82. The van der Waals surface area contributed by atoms with Gasteiger partial charge in [-0.2, -0.15) is 5.10 Å². The van der Waals surface area contributed by atoms with Crippen molar-refractivity contribution in [3.05, 3.63) is 17.0 Å². The Bertz CT molecular complexity index is 311. The van der Waals surface area contributed by atoms with Crippen LogP contribution in [0.3, 0.4) is 0 Å². The molecule has 0 spiro atoms. The monoisotopic (exact) mass is 181 g/mol. The number of fused-ring (bicyclic) bond motifs is 1. The fourth-order valence-corrected chi connectivity index (χ4v) is 1.75. The van der Waals surface area contributed by atoms with Crippen LogP contribution in [0.1, 0.15) is 30.8 Å². The number of H-pyrrole nitrogens is 1. The summed E-state index contributed by atoms with van der Waals surface area (Å²) in [6.45, 7) is 5.34. The first-order chi connectivity index (χ1) is 6.09. The standard InChI is InChI=1S/C9H15N3O/c1-9(2,13)8-6-3-4-10-5-7(6)11-12-8/h10,13H,3-5H2,1-2H3,(H,11,12). The van der Waals surface area contributed by atoms with Crippen LogP contribution >= 0.6 is 0 Å². The lowest BCUT2D eigenvalue weighted by Crippen LogP contribution is -2.26. The summed E-state index contributed by atoms with van der Waals surface area (Å²) in [7, 11) is 0. The van der Waals surface area contributed by atoms with E-state index in [1.165, 1.54) is 5.56 Å². The van der Waals surface area contributed by atoms with Crippen LogP contribution < -0.4 is 5.32 Å². The summed E-state index contributed by atoms with van der Waals surface area (Å²) in [6.07, 6.45) is 0.950. The van der Waals surface area contributed by atoms with Crippen molar-refractivity contribution < 1.29 is 5.11 Å². The van der Waals surface area contributed by atoms with Gasteiger partial charge in [-0.3, -0.25) is 5.10 Å². The average molecular weight is 181 g/mol. The fraction of sp³-hybridized carbons (Fsp3) is 0.667. The second-order valence-corrected chi connectivity index (χ2v) is 4.02. The molecule has 3 N–H and O–H groups in total. The molecule has 1 aromatic rings. The van der Waals surface area contributed by atoms with Gasteiger partial charge in [0.15, 0.2) is 0 Å². The number of nitrogens with one attached hydrogen (secondary N) is 2. The van der Waals surface area contributed by atoms with Crippen molar-refractivity contribution in [3.63, 3.8) is 0 Å². The molecule has 1 aromatic heterocycles. The maximum Gasteiger partial charge on any atom is 0.103 e. The van der Waals surface area contributed by atoms with E-state index >= 15 is 0 Å². The minimum absolute atomic E-state index is 0.795. The van der Waals surface area contributed by atoms with Crippen molar-refractivity contribution in [2.45, 2.75) is 32.4 Å². The van der Waals surface area contributed by atoms with E-state index in [9.17, 15) is 5.11 Å². The molecular formula is C9H15N3O. The number of hydrogen-bond donors (Lipinski definition) is 3. The van der Waals surface area contributed by atoms with E-state index < -0.39 is 5.60 Å². The SMILES string of the molecule is CC(C)(O)c1n[nH]c2c1CCNC2. The summed E-state index contributed by atoms with van der Waals surface area (Å²) in [5.74, 6) is 0. The largest absolute Gasteiger partial charge is 0.384 e. The van der Waals surface area contributed by atoms with Gasteiger partial charge in [-0.15, -0.1) is 0 Å². The van der Waals surface area contributed by atoms with Gasteiger partial charge in [-0.05, 0) is 26.8 Å². The Morgan fingerprint density at radius 3 is 2.92 bits per heavy atom. The van der Waals surface area contributed by atoms with Crippen LogP contribution in [0.5, 0.6) is 0 Å². The van der Waals surface area contributed by atoms with Gasteiger partial charge in [0.2, 0.25) is 0 Å². The number of aromatic nitrogens is 2. The molecule has 0 unspecified atom stereocenters. The molecule has 0 fully saturated rings. The highest BCUT2D eigenvalue weighted by Crippen LogP contribution is 2.25. The first-order valence-electron chi connectivity index (χ1n) is 4.59. The zero-order valence-corrected chi connectivity index (χ0v) is 8.02. The molecule has 0 amide bonds. The minimum atomic E-state index is -0.832. The maximum absolute atomic E-state index is 9.83. The van der Waals surface area contributed by atoms with E-state index in [2.05, 4.69) is 15.5 Å². The lowest BCUT2D eigenvalue weighted by atomic mass is 9.96. The number of aromatic amines is 1. The predicted octanol–water partition coefficient (Wildman–Crippen LogP) is 0.283. The maximum atomic E-state index is 9.83. The van der Waals surface area contributed by atoms with E-state index in [1.54, 1.807) is 13.8 Å². The van der Waals surface area contributed by atoms with Gasteiger partial charge >= 0.3 is 0 Å². The van der Waals surface area contributed by atoms with Gasteiger partial charge in [0.25, 0.3) is 0 Å². The third kappa shape index (κ3) is 1.47. The summed E-state index contributed by atoms with van der Waals surface area (Å²) in [5.41, 5.74) is 2.26. The molecule has 2 rings (SSSR count). The van der Waals surface area contributed by atoms with Gasteiger partial charge in [-0.1, -0.05) is 0 Å². The third-order valence-corrected chi connectivity index (χ3v) is 2.39. The molecule has 0 saturated heterocycles. The topological polar surface area (TPSA) is 60.9 Å². The van der Waals surface area contributed by atoms with Crippen LogP contribution in [0.2, 0.25) is 0 Å². The molecule has 1 aliphatic heterocycles. The van der Waals surface area contributed by atoms with Crippen LogP contribution in [-0.4, -0.2) is 21.8 Å². The normalized spacial score (nSPS) is 17.2. The molecular weight excluding hydrogens is 166 g/mol. The Labute approximate surface area is 77.4 Å². The number of aliphatic hydroxyl groups is 1. The van der Waals surface area contributed by atoms with Crippen molar-refractivity contribution in [2.24, 2.45) is 0 Å². The second-order valence-electron chi connectivity index (χ2n) is 4.02. The van der Waals surface area contributed by atoms with E-state index in [1.807, 2.05) is 0 Å². The molecule has 72 valence electrons. The first-order valence-corrected chi connectivity index (χ1v) is 4.59. The lowest BCUT2D eigenvalue weighted by molar-refractivity contribution is 0.0727. The molecule has 2 heterocycles. The Hall–Kier alpha value is -0.870. The zero-order valence-electron chi connectivity index (χ0n) is 8.02. The van der Waals surface area contributed by atoms with Gasteiger partial charge in [0.1, 0.15) is 5.60 Å². The Balaban J connectivity index is 2.43. The molecule has 13 heavy (non-hydrogen) atoms. The van der Waals surface area contributed by atoms with Crippen molar-refractivity contribution in [2.75, 3.05) is 6.54 Å². The van der Waals surface area contributed by atoms with Crippen LogP contribution in [0.4, 0.5) is 0 Å². The summed E-state index contributed by atoms with van der Waals surface area (Å²) in [4.78, 5) is 0. The Kier molecular flexibility index (Phi) is 1.89. The van der Waals surface area contributed by atoms with Crippen molar-refractivity contribution >= 4 is 0 Å². The summed E-state index contributed by atoms with van der Waals surface area (Å²) >= 11 is 0. The van der Waals surface area contributed by atoms with E-state index in [0.717, 1.165) is 30.9 Å². The third-order valence-electron chi connectivity index (χ3n) is 2.39. The molecule has 4 heteroatoms. The molecule has 0 aromatic carbocycles. The van der Waals surface area contributed by atoms with Crippen LogP contribution in [-0.2, 0) is 18.6 Å².